The van der Waals surface area contributed by atoms with Gasteiger partial charge in [0.1, 0.15) is 18.0 Å². The Hall–Kier alpha value is -5.37. The van der Waals surface area contributed by atoms with Gasteiger partial charge in [0, 0.05) is 62.8 Å². The average molecular weight is 887 g/mol. The number of benzene rings is 5. The lowest BCUT2D eigenvalue weighted by Crippen LogP contribution is -2.28. The van der Waals surface area contributed by atoms with Crippen molar-refractivity contribution in [2.75, 3.05) is 38.8 Å². The molecule has 0 radical (unpaired) electrons. The molecule has 0 amide bonds. The van der Waals surface area contributed by atoms with Crippen LogP contribution in [0.1, 0.15) is 109 Å². The Bertz CT molecular complexity index is 2830. The third-order valence-electron chi connectivity index (χ3n) is 14.4. The predicted octanol–water partition coefficient (Wildman–Crippen LogP) is 14.0. The number of carbonyl (C=O) groups excluding carboxylic acids is 1. The lowest BCUT2D eigenvalue weighted by atomic mass is 9.70. The van der Waals surface area contributed by atoms with Crippen LogP contribution in [-0.4, -0.2) is 49.9 Å². The molecule has 1 atom stereocenters. The summed E-state index contributed by atoms with van der Waals surface area (Å²) in [5.41, 5.74) is 16.7. The molecule has 6 nitrogen and oxygen atoms in total. The Morgan fingerprint density at radius 1 is 0.815 bits per heavy atom. The molecule has 5 aromatic rings. The van der Waals surface area contributed by atoms with Crippen LogP contribution in [-0.2, 0) is 10.8 Å². The number of ketones is 1. The van der Waals surface area contributed by atoms with E-state index in [1.807, 2.05) is 23.9 Å². The number of ether oxygens (including phenoxy) is 2. The van der Waals surface area contributed by atoms with Crippen molar-refractivity contribution in [1.29, 1.82) is 0 Å². The van der Waals surface area contributed by atoms with Gasteiger partial charge in [-0.15, -0.1) is 0 Å². The maximum atomic E-state index is 13.0. The summed E-state index contributed by atoms with van der Waals surface area (Å²) in [6, 6.07) is 30.2. The van der Waals surface area contributed by atoms with Gasteiger partial charge in [-0.05, 0) is 158 Å². The van der Waals surface area contributed by atoms with Crippen molar-refractivity contribution in [2.45, 2.75) is 104 Å². The van der Waals surface area contributed by atoms with Crippen molar-refractivity contribution in [3.8, 4) is 11.5 Å². The van der Waals surface area contributed by atoms with Gasteiger partial charge in [-0.1, -0.05) is 88.9 Å². The van der Waals surface area contributed by atoms with Crippen LogP contribution in [0, 0.1) is 11.3 Å². The summed E-state index contributed by atoms with van der Waals surface area (Å²) < 4.78 is 13.8. The number of methoxy groups -OCH3 is 2. The maximum absolute atomic E-state index is 13.0. The first-order chi connectivity index (χ1) is 31.0. The number of nitrogens with two attached hydrogens (primary N) is 1. The fourth-order valence-electron chi connectivity index (χ4n) is 10.7. The number of hydrogen-bond acceptors (Lipinski definition) is 6. The van der Waals surface area contributed by atoms with Crippen molar-refractivity contribution < 1.29 is 18.8 Å². The number of likely N-dealkylation sites (N-methyl/N-ethyl adjacent to an activating group) is 1. The standard InChI is InChI=1S/C58H68N3O3S/c1-12-60-48-28-18-38-35-43(63-10)22-26-46(38)53(48)57(6,7)51(60)30-20-40-33-42(56(3,4)5)34-41(55(40)65-45-24-16-37(17-25-45)50(62)15-14-32-59)21-31-52-58(8,9)54-47-27-23-44(64-11)36-39(47)19-29-49(54)61(52)13-2/h16-31,35-36,42H,12-15,32-34,59H2,1-11H3/q+1. The summed E-state index contributed by atoms with van der Waals surface area (Å²) in [5.74, 6) is 2.31. The zero-order valence-electron chi connectivity index (χ0n) is 40.5. The molecular formula is C58H68N3O3S+. The van der Waals surface area contributed by atoms with Gasteiger partial charge in [0.25, 0.3) is 0 Å². The second-order valence-electron chi connectivity index (χ2n) is 20.1. The molecule has 8 rings (SSSR count). The van der Waals surface area contributed by atoms with Gasteiger partial charge in [0.05, 0.1) is 19.6 Å². The predicted molar refractivity (Wildman–Crippen MR) is 275 cm³/mol. The number of allylic oxidation sites excluding steroid dienone is 7. The van der Waals surface area contributed by atoms with Crippen LogP contribution in [0.3, 0.4) is 0 Å². The first kappa shape index (κ1) is 46.2. The molecule has 7 heteroatoms. The lowest BCUT2D eigenvalue weighted by molar-refractivity contribution is -0.433. The molecule has 1 aliphatic carbocycles. The van der Waals surface area contributed by atoms with E-state index in [0.29, 0.717) is 25.3 Å². The SMILES string of the molecule is CCN1/C(=C/C=C2\CC(C(C)(C)C)CC(/C=C/C3=[N+](CC)c4ccc5cc(OC)ccc5c4C3(C)C)=C2Sc2ccc(C(=O)CCCN)cc2)C(C)(C)c2c1ccc1cc(OC)ccc21. The Morgan fingerprint density at radius 3 is 2.06 bits per heavy atom. The Morgan fingerprint density at radius 2 is 1.46 bits per heavy atom. The van der Waals surface area contributed by atoms with Crippen LogP contribution >= 0.6 is 11.8 Å². The topological polar surface area (TPSA) is 67.8 Å². The van der Waals surface area contributed by atoms with E-state index in [2.05, 4.69) is 169 Å². The van der Waals surface area contributed by atoms with Gasteiger partial charge in [-0.2, -0.15) is 4.58 Å². The van der Waals surface area contributed by atoms with Crippen LogP contribution < -0.4 is 20.1 Å². The summed E-state index contributed by atoms with van der Waals surface area (Å²) >= 11 is 1.83. The van der Waals surface area contributed by atoms with Gasteiger partial charge < -0.3 is 20.1 Å². The minimum Gasteiger partial charge on any atom is -0.497 e. The quantitative estimate of drug-likeness (QED) is 0.0938. The molecule has 0 aromatic heterocycles. The minimum absolute atomic E-state index is 0.0801. The van der Waals surface area contributed by atoms with Crippen LogP contribution in [0.25, 0.3) is 21.5 Å². The summed E-state index contributed by atoms with van der Waals surface area (Å²) in [7, 11) is 3.47. The molecule has 0 saturated carbocycles. The van der Waals surface area contributed by atoms with Crippen molar-refractivity contribution in [3.05, 3.63) is 148 Å². The van der Waals surface area contributed by atoms with Crippen LogP contribution in [0.15, 0.2) is 136 Å². The molecule has 1 unspecified atom stereocenters. The van der Waals surface area contributed by atoms with Crippen LogP contribution in [0.4, 0.5) is 11.4 Å². The van der Waals surface area contributed by atoms with Gasteiger partial charge in [0.15, 0.2) is 11.5 Å². The molecule has 338 valence electrons. The third kappa shape index (κ3) is 8.51. The molecule has 2 N–H and O–H groups in total. The van der Waals surface area contributed by atoms with Crippen LogP contribution in [0.2, 0.25) is 0 Å². The molecular weight excluding hydrogens is 819 g/mol. The highest BCUT2D eigenvalue weighted by molar-refractivity contribution is 8.03. The van der Waals surface area contributed by atoms with Crippen molar-refractivity contribution in [1.82, 2.24) is 0 Å². The molecule has 3 aliphatic rings. The molecule has 0 fully saturated rings. The number of thioether (sulfide) groups is 1. The Balaban J connectivity index is 1.27. The second-order valence-corrected chi connectivity index (χ2v) is 21.1. The molecule has 0 saturated heterocycles. The molecule has 65 heavy (non-hydrogen) atoms. The van der Waals surface area contributed by atoms with Gasteiger partial charge >= 0.3 is 0 Å². The first-order valence-electron chi connectivity index (χ1n) is 23.5. The smallest absolute Gasteiger partial charge is 0.210 e. The summed E-state index contributed by atoms with van der Waals surface area (Å²) in [6.45, 7) is 23.5. The van der Waals surface area contributed by atoms with Crippen molar-refractivity contribution in [3.63, 3.8) is 0 Å². The Kier molecular flexibility index (Phi) is 12.9. The van der Waals surface area contributed by atoms with E-state index >= 15 is 0 Å². The van der Waals surface area contributed by atoms with Gasteiger partial charge in [-0.25, -0.2) is 0 Å². The van der Waals surface area contributed by atoms with E-state index in [1.165, 1.54) is 71.5 Å². The number of Topliss-reactive ketones (excluding diaryl/α,β-unsaturated/α-hetero) is 1. The van der Waals surface area contributed by atoms with Crippen molar-refractivity contribution in [2.24, 2.45) is 17.1 Å². The monoisotopic (exact) mass is 886 g/mol. The summed E-state index contributed by atoms with van der Waals surface area (Å²) in [4.78, 5) is 17.9. The number of anilines is 1. The Labute approximate surface area is 392 Å². The number of rotatable bonds is 13. The molecule has 2 aliphatic heterocycles. The zero-order chi connectivity index (χ0) is 46.4. The minimum atomic E-state index is -0.237. The highest BCUT2D eigenvalue weighted by atomic mass is 32.2. The van der Waals surface area contributed by atoms with E-state index < -0.39 is 0 Å². The highest BCUT2D eigenvalue weighted by Crippen LogP contribution is 2.53. The van der Waals surface area contributed by atoms with Gasteiger partial charge in [-0.3, -0.25) is 4.79 Å². The fraction of sp³-hybridized carbons (Fsp3) is 0.379. The molecule has 0 bridgehead atoms. The molecule has 2 heterocycles. The maximum Gasteiger partial charge on any atom is 0.210 e. The first-order valence-corrected chi connectivity index (χ1v) is 24.4. The van der Waals surface area contributed by atoms with E-state index in [4.69, 9.17) is 15.2 Å². The van der Waals surface area contributed by atoms with E-state index in [1.54, 1.807) is 14.2 Å². The molecule has 5 aromatic carbocycles. The van der Waals surface area contributed by atoms with E-state index in [0.717, 1.165) is 47.9 Å². The summed E-state index contributed by atoms with van der Waals surface area (Å²) in [6.07, 6.45) is 12.8. The normalized spacial score (nSPS) is 19.3. The van der Waals surface area contributed by atoms with E-state index in [-0.39, 0.29) is 22.0 Å². The largest absolute Gasteiger partial charge is 0.497 e. The zero-order valence-corrected chi connectivity index (χ0v) is 41.3. The number of fused-ring (bicyclic) bond motifs is 6. The fourth-order valence-corrected chi connectivity index (χ4v) is 11.8. The van der Waals surface area contributed by atoms with Crippen LogP contribution in [0.5, 0.6) is 11.5 Å². The molecule has 0 spiro atoms. The van der Waals surface area contributed by atoms with Gasteiger partial charge in [0.2, 0.25) is 5.69 Å². The van der Waals surface area contributed by atoms with E-state index in [9.17, 15) is 4.79 Å². The second kappa shape index (κ2) is 18.1. The number of hydrogen-bond donors (Lipinski definition) is 1. The lowest BCUT2D eigenvalue weighted by Gasteiger charge is -2.37. The average Bonchev–Trinajstić information content (AvgIpc) is 3.66. The van der Waals surface area contributed by atoms with Crippen molar-refractivity contribution >= 4 is 56.2 Å². The number of carbonyl (C=O) groups is 1. The third-order valence-corrected chi connectivity index (χ3v) is 15.6. The number of nitrogens with zero attached hydrogens (tertiary/aromatic N) is 2. The summed E-state index contributed by atoms with van der Waals surface area (Å²) in [5, 5.41) is 4.92. The highest BCUT2D eigenvalue weighted by Gasteiger charge is 2.46.